The summed E-state index contributed by atoms with van der Waals surface area (Å²) in [6.45, 7) is 4.48. The van der Waals surface area contributed by atoms with Gasteiger partial charge in [0, 0.05) is 0 Å². The normalized spacial score (nSPS) is 9.26. The number of nitrogens with zero attached hydrogens (tertiary/aromatic N) is 3. The summed E-state index contributed by atoms with van der Waals surface area (Å²) < 4.78 is 0. The van der Waals surface area contributed by atoms with E-state index < -0.39 is 0 Å². The average Bonchev–Trinajstić information content (AvgIpc) is 2.85. The Morgan fingerprint density at radius 2 is 1.11 bits per heavy atom. The molecule has 0 radical (unpaired) electrons. The van der Waals surface area contributed by atoms with Gasteiger partial charge in [-0.15, -0.1) is 0 Å². The molecule has 0 saturated heterocycles. The molecule has 0 spiro atoms. The molecular formula is C15H31N3Zr. The zero-order valence-corrected chi connectivity index (χ0v) is 16.4. The SMILES string of the molecule is CCC(C)[c-]1cccc1.C[N-]C.C[N-]C.C[N-]C.[Zr+4]. The van der Waals surface area contributed by atoms with Crippen molar-refractivity contribution in [3.05, 3.63) is 45.8 Å². The van der Waals surface area contributed by atoms with Gasteiger partial charge in [0.05, 0.1) is 0 Å². The molecule has 0 saturated carbocycles. The molecule has 0 aliphatic rings. The monoisotopic (exact) mass is 343 g/mol. The van der Waals surface area contributed by atoms with Gasteiger partial charge >= 0.3 is 26.2 Å². The molecule has 1 aromatic carbocycles. The molecule has 0 heterocycles. The fraction of sp³-hybridized carbons (Fsp3) is 0.667. The van der Waals surface area contributed by atoms with Crippen molar-refractivity contribution in [2.24, 2.45) is 0 Å². The Kier molecular flexibility index (Phi) is 38.5. The van der Waals surface area contributed by atoms with Gasteiger partial charge in [-0.3, -0.25) is 0 Å². The molecule has 4 heteroatoms. The van der Waals surface area contributed by atoms with E-state index in [1.54, 1.807) is 42.3 Å². The van der Waals surface area contributed by atoms with Crippen LogP contribution in [0.1, 0.15) is 31.7 Å². The first kappa shape index (κ1) is 27.5. The van der Waals surface area contributed by atoms with Crippen LogP contribution in [0.25, 0.3) is 16.0 Å². The van der Waals surface area contributed by atoms with Crippen LogP contribution in [0.15, 0.2) is 24.3 Å². The Hall–Kier alpha value is 0.113. The minimum atomic E-state index is 0. The van der Waals surface area contributed by atoms with E-state index in [4.69, 9.17) is 0 Å². The molecule has 0 aliphatic carbocycles. The standard InChI is InChI=1S/C9H13.3C2H6N.Zr/c1-3-8(2)9-6-4-5-7-9;3*1-3-2;/h4-8H,3H2,1-2H3;3*1-2H3;/q4*-1;+4. The van der Waals surface area contributed by atoms with Crippen molar-refractivity contribution in [1.29, 1.82) is 0 Å². The zero-order chi connectivity index (χ0) is 14.8. The fourth-order valence-corrected chi connectivity index (χ4v) is 0.953. The molecule has 0 N–H and O–H groups in total. The molecule has 0 amide bonds. The summed E-state index contributed by atoms with van der Waals surface area (Å²) in [5.41, 5.74) is 1.47. The van der Waals surface area contributed by atoms with Crippen LogP contribution in [0.3, 0.4) is 0 Å². The minimum absolute atomic E-state index is 0. The first-order chi connectivity index (χ1) is 8.59. The molecule has 0 bridgehead atoms. The van der Waals surface area contributed by atoms with Gasteiger partial charge in [-0.05, 0) is 0 Å². The van der Waals surface area contributed by atoms with E-state index in [1.165, 1.54) is 12.0 Å². The first-order valence-electron chi connectivity index (χ1n) is 6.24. The maximum absolute atomic E-state index is 3.50. The summed E-state index contributed by atoms with van der Waals surface area (Å²) in [6, 6.07) is 8.57. The maximum Gasteiger partial charge on any atom is 4.00 e. The number of hydrogen-bond acceptors (Lipinski definition) is 0. The molecule has 0 aromatic heterocycles. The maximum atomic E-state index is 3.50. The second-order valence-corrected chi connectivity index (χ2v) is 3.87. The summed E-state index contributed by atoms with van der Waals surface area (Å²) in [5, 5.41) is 10.5. The molecule has 110 valence electrons. The van der Waals surface area contributed by atoms with Gasteiger partial charge in [0.1, 0.15) is 0 Å². The van der Waals surface area contributed by atoms with Gasteiger partial charge in [-0.2, -0.15) is 60.0 Å². The van der Waals surface area contributed by atoms with Gasteiger partial charge in [-0.25, -0.2) is 12.1 Å². The summed E-state index contributed by atoms with van der Waals surface area (Å²) in [7, 11) is 10.5. The Labute approximate surface area is 140 Å². The molecule has 0 fully saturated rings. The van der Waals surface area contributed by atoms with Crippen LogP contribution in [-0.4, -0.2) is 42.3 Å². The summed E-state index contributed by atoms with van der Waals surface area (Å²) in [5.74, 6) is 0.736. The van der Waals surface area contributed by atoms with Gasteiger partial charge in [0.25, 0.3) is 0 Å². The van der Waals surface area contributed by atoms with Crippen LogP contribution in [0, 0.1) is 0 Å². The summed E-state index contributed by atoms with van der Waals surface area (Å²) >= 11 is 0. The van der Waals surface area contributed by atoms with Crippen LogP contribution in [-0.2, 0) is 26.2 Å². The first-order valence-corrected chi connectivity index (χ1v) is 6.24. The average molecular weight is 345 g/mol. The largest absolute Gasteiger partial charge is 4.00 e. The van der Waals surface area contributed by atoms with Crippen molar-refractivity contribution in [1.82, 2.24) is 0 Å². The van der Waals surface area contributed by atoms with Crippen LogP contribution in [0.5, 0.6) is 0 Å². The van der Waals surface area contributed by atoms with E-state index in [2.05, 4.69) is 54.1 Å². The third-order valence-electron chi connectivity index (χ3n) is 1.87. The molecular weight excluding hydrogens is 313 g/mol. The van der Waals surface area contributed by atoms with Gasteiger partial charge in [0.2, 0.25) is 0 Å². The van der Waals surface area contributed by atoms with Crippen LogP contribution >= 0.6 is 0 Å². The van der Waals surface area contributed by atoms with E-state index in [1.807, 2.05) is 0 Å². The Morgan fingerprint density at radius 3 is 1.32 bits per heavy atom. The molecule has 1 atom stereocenters. The van der Waals surface area contributed by atoms with Crippen LogP contribution in [0.2, 0.25) is 0 Å². The molecule has 1 unspecified atom stereocenters. The van der Waals surface area contributed by atoms with E-state index in [0.29, 0.717) is 0 Å². The molecule has 3 nitrogen and oxygen atoms in total. The number of rotatable bonds is 2. The van der Waals surface area contributed by atoms with Gasteiger partial charge < -0.3 is 16.0 Å². The van der Waals surface area contributed by atoms with Crippen LogP contribution < -0.4 is 0 Å². The summed E-state index contributed by atoms with van der Waals surface area (Å²) in [4.78, 5) is 0. The van der Waals surface area contributed by atoms with E-state index >= 15 is 0 Å². The molecule has 1 rings (SSSR count). The van der Waals surface area contributed by atoms with Gasteiger partial charge in [-0.1, -0.05) is 26.2 Å². The topological polar surface area (TPSA) is 42.3 Å². The van der Waals surface area contributed by atoms with Crippen LogP contribution in [0.4, 0.5) is 0 Å². The second kappa shape index (κ2) is 26.6. The van der Waals surface area contributed by atoms with E-state index in [0.717, 1.165) is 5.92 Å². The Morgan fingerprint density at radius 1 is 0.842 bits per heavy atom. The predicted octanol–water partition coefficient (Wildman–Crippen LogP) is 4.78. The number of hydrogen-bond donors (Lipinski definition) is 0. The van der Waals surface area contributed by atoms with Crippen molar-refractivity contribution < 1.29 is 26.2 Å². The Bertz CT molecular complexity index is 196. The molecule has 19 heavy (non-hydrogen) atoms. The van der Waals surface area contributed by atoms with Crippen molar-refractivity contribution >= 4 is 0 Å². The smallest absolute Gasteiger partial charge is 0.668 e. The Balaban J connectivity index is -0.0000000956. The third kappa shape index (κ3) is 27.3. The minimum Gasteiger partial charge on any atom is -0.668 e. The predicted molar refractivity (Wildman–Crippen MR) is 86.4 cm³/mol. The van der Waals surface area contributed by atoms with E-state index in [-0.39, 0.29) is 26.2 Å². The molecule has 0 aliphatic heterocycles. The van der Waals surface area contributed by atoms with Crippen molar-refractivity contribution in [2.75, 3.05) is 42.3 Å². The van der Waals surface area contributed by atoms with Crippen molar-refractivity contribution in [2.45, 2.75) is 26.2 Å². The quantitative estimate of drug-likeness (QED) is 0.693. The fourth-order valence-electron chi connectivity index (χ4n) is 0.953. The third-order valence-corrected chi connectivity index (χ3v) is 1.87. The molecule has 1 aromatic rings. The van der Waals surface area contributed by atoms with Gasteiger partial charge in [0.15, 0.2) is 0 Å². The second-order valence-electron chi connectivity index (χ2n) is 3.87. The van der Waals surface area contributed by atoms with Crippen molar-refractivity contribution in [3.8, 4) is 0 Å². The van der Waals surface area contributed by atoms with Crippen molar-refractivity contribution in [3.63, 3.8) is 0 Å². The zero-order valence-electron chi connectivity index (χ0n) is 13.9. The summed E-state index contributed by atoms with van der Waals surface area (Å²) in [6.07, 6.45) is 1.24. The van der Waals surface area contributed by atoms with E-state index in [9.17, 15) is 0 Å².